The Hall–Kier alpha value is -2.04. The van der Waals surface area contributed by atoms with E-state index in [1.165, 1.54) is 4.90 Å². The Morgan fingerprint density at radius 2 is 1.86 bits per heavy atom. The van der Waals surface area contributed by atoms with Gasteiger partial charge in [-0.3, -0.25) is 9.59 Å². The van der Waals surface area contributed by atoms with Gasteiger partial charge in [0.2, 0.25) is 11.8 Å². The van der Waals surface area contributed by atoms with Crippen molar-refractivity contribution in [3.8, 4) is 0 Å². The molecule has 0 aliphatic heterocycles. The quantitative estimate of drug-likeness (QED) is 0.809. The van der Waals surface area contributed by atoms with Crippen molar-refractivity contribution in [2.45, 2.75) is 39.2 Å². The second kappa shape index (κ2) is 7.11. The zero-order valence-electron chi connectivity index (χ0n) is 13.3. The fourth-order valence-corrected chi connectivity index (χ4v) is 1.96. The zero-order chi connectivity index (χ0) is 16.0. The van der Waals surface area contributed by atoms with Crippen LogP contribution in [0.2, 0.25) is 0 Å². The van der Waals surface area contributed by atoms with Crippen molar-refractivity contribution in [3.05, 3.63) is 29.8 Å². The molecule has 0 bridgehead atoms. The third kappa shape index (κ3) is 6.29. The lowest BCUT2D eigenvalue weighted by molar-refractivity contribution is -0.135. The fourth-order valence-electron chi connectivity index (χ4n) is 1.96. The van der Waals surface area contributed by atoms with Gasteiger partial charge in [-0.1, -0.05) is 18.2 Å². The van der Waals surface area contributed by atoms with Gasteiger partial charge in [-0.15, -0.1) is 0 Å². The summed E-state index contributed by atoms with van der Waals surface area (Å²) in [4.78, 5) is 25.3. The van der Waals surface area contributed by atoms with Gasteiger partial charge in [0, 0.05) is 24.7 Å². The molecule has 5 nitrogen and oxygen atoms in total. The van der Waals surface area contributed by atoms with Crippen LogP contribution in [-0.2, 0) is 16.0 Å². The van der Waals surface area contributed by atoms with Gasteiger partial charge >= 0.3 is 0 Å². The molecule has 0 radical (unpaired) electrons. The number of likely N-dealkylation sites (N-methyl/N-ethyl adjacent to an activating group) is 1. The van der Waals surface area contributed by atoms with Gasteiger partial charge in [0.25, 0.3) is 0 Å². The van der Waals surface area contributed by atoms with E-state index in [1.54, 1.807) is 7.05 Å². The third-order valence-electron chi connectivity index (χ3n) is 2.98. The van der Waals surface area contributed by atoms with E-state index in [1.807, 2.05) is 45.0 Å². The maximum Gasteiger partial charge on any atom is 0.240 e. The molecule has 1 rings (SSSR count). The second-order valence-corrected chi connectivity index (χ2v) is 6.25. The summed E-state index contributed by atoms with van der Waals surface area (Å²) < 4.78 is 0. The van der Waals surface area contributed by atoms with E-state index in [0.29, 0.717) is 18.5 Å². The van der Waals surface area contributed by atoms with E-state index in [0.717, 1.165) is 5.56 Å². The number of nitrogens with one attached hydrogen (secondary N) is 1. The number of nitrogens with zero attached hydrogens (tertiary/aromatic N) is 1. The number of nitrogen functional groups attached to an aromatic ring is 1. The number of nitrogens with two attached hydrogens (primary N) is 1. The highest BCUT2D eigenvalue weighted by atomic mass is 16.2. The molecule has 5 heteroatoms. The standard InChI is InChI=1S/C16H25N3O2/c1-16(2,3)18-14(20)11-19(4)15(21)10-9-12-7-5-6-8-13(12)17/h5-8H,9-11,17H2,1-4H3,(H,18,20). The van der Waals surface area contributed by atoms with Gasteiger partial charge in [-0.05, 0) is 38.8 Å². The predicted octanol–water partition coefficient (Wildman–Crippen LogP) is 1.57. The maximum atomic E-state index is 12.0. The van der Waals surface area contributed by atoms with Crippen LogP contribution in [0.3, 0.4) is 0 Å². The van der Waals surface area contributed by atoms with Crippen LogP contribution in [0.1, 0.15) is 32.8 Å². The van der Waals surface area contributed by atoms with Gasteiger partial charge in [0.05, 0.1) is 6.54 Å². The van der Waals surface area contributed by atoms with Crippen molar-refractivity contribution in [1.29, 1.82) is 0 Å². The molecule has 0 atom stereocenters. The van der Waals surface area contributed by atoms with E-state index in [4.69, 9.17) is 5.73 Å². The summed E-state index contributed by atoms with van der Waals surface area (Å²) in [7, 11) is 1.64. The summed E-state index contributed by atoms with van der Waals surface area (Å²) in [5, 5.41) is 2.83. The number of aryl methyl sites for hydroxylation is 1. The topological polar surface area (TPSA) is 75.4 Å². The van der Waals surface area contributed by atoms with Crippen LogP contribution < -0.4 is 11.1 Å². The van der Waals surface area contributed by atoms with E-state index in [-0.39, 0.29) is 23.9 Å². The highest BCUT2D eigenvalue weighted by molar-refractivity contribution is 5.85. The molecule has 0 unspecified atom stereocenters. The molecule has 1 aromatic carbocycles. The molecule has 116 valence electrons. The van der Waals surface area contributed by atoms with Crippen molar-refractivity contribution in [2.24, 2.45) is 0 Å². The van der Waals surface area contributed by atoms with Crippen molar-refractivity contribution in [3.63, 3.8) is 0 Å². The lowest BCUT2D eigenvalue weighted by Gasteiger charge is -2.23. The summed E-state index contributed by atoms with van der Waals surface area (Å²) in [6, 6.07) is 7.50. The molecule has 0 spiro atoms. The Morgan fingerprint density at radius 1 is 1.24 bits per heavy atom. The Kier molecular flexibility index (Phi) is 5.76. The molecule has 0 aromatic heterocycles. The first-order chi connectivity index (χ1) is 9.69. The molecule has 0 heterocycles. The minimum absolute atomic E-state index is 0.0673. The number of carbonyl (C=O) groups is 2. The molecule has 0 fully saturated rings. The van der Waals surface area contributed by atoms with Gasteiger partial charge in [-0.25, -0.2) is 0 Å². The van der Waals surface area contributed by atoms with E-state index >= 15 is 0 Å². The van der Waals surface area contributed by atoms with Crippen molar-refractivity contribution < 1.29 is 9.59 Å². The van der Waals surface area contributed by atoms with Crippen LogP contribution in [0.4, 0.5) is 5.69 Å². The van der Waals surface area contributed by atoms with Crippen molar-refractivity contribution in [2.75, 3.05) is 19.3 Å². The van der Waals surface area contributed by atoms with E-state index in [9.17, 15) is 9.59 Å². The summed E-state index contributed by atoms with van der Waals surface area (Å²) in [6.45, 7) is 5.79. The molecule has 0 aliphatic carbocycles. The first kappa shape index (κ1) is 17.0. The number of amides is 2. The highest BCUT2D eigenvalue weighted by Gasteiger charge is 2.17. The third-order valence-corrected chi connectivity index (χ3v) is 2.98. The van der Waals surface area contributed by atoms with Gasteiger partial charge in [0.15, 0.2) is 0 Å². The number of hydrogen-bond donors (Lipinski definition) is 2. The first-order valence-corrected chi connectivity index (χ1v) is 7.07. The average Bonchev–Trinajstić information content (AvgIpc) is 2.34. The summed E-state index contributed by atoms with van der Waals surface area (Å²) in [5.41, 5.74) is 7.20. The van der Waals surface area contributed by atoms with Crippen molar-refractivity contribution in [1.82, 2.24) is 10.2 Å². The molecule has 21 heavy (non-hydrogen) atoms. The highest BCUT2D eigenvalue weighted by Crippen LogP contribution is 2.13. The van der Waals surface area contributed by atoms with Crippen LogP contribution in [0.5, 0.6) is 0 Å². The zero-order valence-corrected chi connectivity index (χ0v) is 13.3. The molecule has 3 N–H and O–H groups in total. The average molecular weight is 291 g/mol. The van der Waals surface area contributed by atoms with Gasteiger partial charge in [0.1, 0.15) is 0 Å². The second-order valence-electron chi connectivity index (χ2n) is 6.25. The first-order valence-electron chi connectivity index (χ1n) is 7.07. The van der Waals surface area contributed by atoms with Crippen molar-refractivity contribution >= 4 is 17.5 Å². The SMILES string of the molecule is CN(CC(=O)NC(C)(C)C)C(=O)CCc1ccccc1N. The maximum absolute atomic E-state index is 12.0. The van der Waals surface area contributed by atoms with Crippen LogP contribution in [-0.4, -0.2) is 35.8 Å². The number of rotatable bonds is 5. The molecule has 0 saturated carbocycles. The summed E-state index contributed by atoms with van der Waals surface area (Å²) in [5.74, 6) is -0.222. The van der Waals surface area contributed by atoms with Crippen LogP contribution in [0.25, 0.3) is 0 Å². The molecular weight excluding hydrogens is 266 g/mol. The molecular formula is C16H25N3O2. The molecule has 0 aliphatic rings. The summed E-state index contributed by atoms with van der Waals surface area (Å²) >= 11 is 0. The lowest BCUT2D eigenvalue weighted by atomic mass is 10.1. The van der Waals surface area contributed by atoms with Crippen LogP contribution >= 0.6 is 0 Å². The Balaban J connectivity index is 2.45. The molecule has 0 saturated heterocycles. The number of anilines is 1. The number of benzene rings is 1. The van der Waals surface area contributed by atoms with Gasteiger partial charge in [-0.2, -0.15) is 0 Å². The predicted molar refractivity (Wildman–Crippen MR) is 84.7 cm³/mol. The van der Waals surface area contributed by atoms with Gasteiger partial charge < -0.3 is 16.0 Å². The number of carbonyl (C=O) groups excluding carboxylic acids is 2. The Labute approximate surface area is 126 Å². The minimum Gasteiger partial charge on any atom is -0.399 e. The van der Waals surface area contributed by atoms with E-state index < -0.39 is 0 Å². The lowest BCUT2D eigenvalue weighted by Crippen LogP contribution is -2.46. The Bertz CT molecular complexity index is 506. The molecule has 1 aromatic rings. The Morgan fingerprint density at radius 3 is 2.43 bits per heavy atom. The van der Waals surface area contributed by atoms with Crippen LogP contribution in [0.15, 0.2) is 24.3 Å². The number of hydrogen-bond acceptors (Lipinski definition) is 3. The smallest absolute Gasteiger partial charge is 0.240 e. The molecule has 2 amide bonds. The van der Waals surface area contributed by atoms with E-state index in [2.05, 4.69) is 5.32 Å². The largest absolute Gasteiger partial charge is 0.399 e. The number of para-hydroxylation sites is 1. The summed E-state index contributed by atoms with van der Waals surface area (Å²) in [6.07, 6.45) is 0.921. The monoisotopic (exact) mass is 291 g/mol. The normalized spacial score (nSPS) is 11.0. The van der Waals surface area contributed by atoms with Crippen LogP contribution in [0, 0.1) is 0 Å². The minimum atomic E-state index is -0.292. The fraction of sp³-hybridized carbons (Fsp3) is 0.500.